The van der Waals surface area contributed by atoms with Crippen LogP contribution in [0, 0.1) is 17.1 Å². The van der Waals surface area contributed by atoms with Gasteiger partial charge in [0.25, 0.3) is 0 Å². The van der Waals surface area contributed by atoms with Gasteiger partial charge in [0.2, 0.25) is 5.88 Å². The van der Waals surface area contributed by atoms with Crippen molar-refractivity contribution in [3.63, 3.8) is 0 Å². The number of carbonyl (C=O) groups is 1. The van der Waals surface area contributed by atoms with Gasteiger partial charge in [-0.3, -0.25) is 0 Å². The molecule has 9 heteroatoms. The van der Waals surface area contributed by atoms with Crippen molar-refractivity contribution in [1.82, 2.24) is 0 Å². The first-order chi connectivity index (χ1) is 18.8. The number of nitriles is 1. The molecule has 4 aromatic rings. The summed E-state index contributed by atoms with van der Waals surface area (Å²) in [4.78, 5) is 12.5. The van der Waals surface area contributed by atoms with Crippen molar-refractivity contribution >= 4 is 29.2 Å². The van der Waals surface area contributed by atoms with Gasteiger partial charge >= 0.3 is 5.97 Å². The topological polar surface area (TPSA) is 94.6 Å². The van der Waals surface area contributed by atoms with Gasteiger partial charge in [0, 0.05) is 27.2 Å². The number of nitrogens with zero attached hydrogens (tertiary/aromatic N) is 1. The Labute approximate surface area is 233 Å². The second-order valence-electron chi connectivity index (χ2n) is 8.62. The van der Waals surface area contributed by atoms with E-state index in [1.807, 2.05) is 18.2 Å². The largest absolute Gasteiger partial charge is 0.489 e. The Morgan fingerprint density at radius 1 is 1.00 bits per heavy atom. The molecule has 0 aliphatic carbocycles. The van der Waals surface area contributed by atoms with Gasteiger partial charge in [-0.2, -0.15) is 5.26 Å². The zero-order valence-electron chi connectivity index (χ0n) is 20.2. The molecular weight excluding hydrogens is 542 g/mol. The molecule has 2 N–H and O–H groups in total. The van der Waals surface area contributed by atoms with Gasteiger partial charge in [0.1, 0.15) is 41.3 Å². The van der Waals surface area contributed by atoms with Gasteiger partial charge in [-0.1, -0.05) is 47.5 Å². The molecule has 0 amide bonds. The van der Waals surface area contributed by atoms with Gasteiger partial charge in [0.15, 0.2) is 0 Å². The van der Waals surface area contributed by atoms with Gasteiger partial charge in [-0.15, -0.1) is 0 Å². The van der Waals surface area contributed by atoms with Gasteiger partial charge in [-0.25, -0.2) is 9.18 Å². The number of rotatable bonds is 6. The lowest BCUT2D eigenvalue weighted by atomic mass is 9.83. The van der Waals surface area contributed by atoms with E-state index in [4.69, 9.17) is 43.1 Å². The fourth-order valence-electron chi connectivity index (χ4n) is 4.18. The lowest BCUT2D eigenvalue weighted by Crippen LogP contribution is -2.21. The van der Waals surface area contributed by atoms with Crippen LogP contribution in [0.3, 0.4) is 0 Å². The predicted octanol–water partition coefficient (Wildman–Crippen LogP) is 7.15. The van der Waals surface area contributed by atoms with E-state index in [1.54, 1.807) is 36.4 Å². The molecule has 1 aliphatic rings. The number of hydrogen-bond donors (Lipinski definition) is 1. The summed E-state index contributed by atoms with van der Waals surface area (Å²) in [5.41, 5.74) is 8.72. The summed E-state index contributed by atoms with van der Waals surface area (Å²) in [6.07, 6.45) is 0. The van der Waals surface area contributed by atoms with Crippen molar-refractivity contribution in [2.24, 2.45) is 5.73 Å². The lowest BCUT2D eigenvalue weighted by Gasteiger charge is -2.27. The number of benzene rings is 4. The van der Waals surface area contributed by atoms with Crippen LogP contribution in [0.2, 0.25) is 10.0 Å². The normalized spacial score (nSPS) is 14.2. The minimum absolute atomic E-state index is 0.0590. The van der Waals surface area contributed by atoms with Crippen LogP contribution in [0.5, 0.6) is 17.2 Å². The van der Waals surface area contributed by atoms with E-state index in [0.717, 1.165) is 11.1 Å². The minimum Gasteiger partial charge on any atom is -0.489 e. The van der Waals surface area contributed by atoms with Crippen LogP contribution in [-0.2, 0) is 6.61 Å². The Hall–Kier alpha value is -4.51. The van der Waals surface area contributed by atoms with E-state index in [2.05, 4.69) is 6.07 Å². The third-order valence-electron chi connectivity index (χ3n) is 6.08. The smallest absolute Gasteiger partial charge is 0.343 e. The maximum atomic E-state index is 13.2. The molecule has 1 atom stereocenters. The highest BCUT2D eigenvalue weighted by atomic mass is 35.5. The molecule has 5 rings (SSSR count). The van der Waals surface area contributed by atoms with Crippen molar-refractivity contribution in [2.45, 2.75) is 12.5 Å². The molecule has 6 nitrogen and oxygen atoms in total. The SMILES string of the molecule is N#CC1=C(N)Oc2cc(OC(=O)c3ccc(F)cc3)ccc2C1c1cccc(OCc2ccc(Cl)cc2Cl)c1. The van der Waals surface area contributed by atoms with Gasteiger partial charge < -0.3 is 19.9 Å². The highest BCUT2D eigenvalue weighted by molar-refractivity contribution is 6.35. The molecule has 0 radical (unpaired) electrons. The molecule has 1 unspecified atom stereocenters. The fourth-order valence-corrected chi connectivity index (χ4v) is 4.64. The predicted molar refractivity (Wildman–Crippen MR) is 144 cm³/mol. The summed E-state index contributed by atoms with van der Waals surface area (Å²) in [7, 11) is 0. The number of ether oxygens (including phenoxy) is 3. The number of nitrogens with two attached hydrogens (primary N) is 1. The average molecular weight is 561 g/mol. The van der Waals surface area contributed by atoms with E-state index in [9.17, 15) is 14.4 Å². The molecule has 4 aromatic carbocycles. The van der Waals surface area contributed by atoms with Crippen LogP contribution in [0.25, 0.3) is 0 Å². The molecule has 0 saturated carbocycles. The molecule has 0 saturated heterocycles. The zero-order chi connectivity index (χ0) is 27.5. The first-order valence-corrected chi connectivity index (χ1v) is 12.4. The monoisotopic (exact) mass is 560 g/mol. The third kappa shape index (κ3) is 5.68. The first-order valence-electron chi connectivity index (χ1n) is 11.7. The quantitative estimate of drug-likeness (QED) is 0.199. The molecule has 39 heavy (non-hydrogen) atoms. The second-order valence-corrected chi connectivity index (χ2v) is 9.46. The van der Waals surface area contributed by atoms with Crippen molar-refractivity contribution < 1.29 is 23.4 Å². The lowest BCUT2D eigenvalue weighted by molar-refractivity contribution is 0.0734. The van der Waals surface area contributed by atoms with Gasteiger partial charge in [0.05, 0.1) is 11.5 Å². The summed E-state index contributed by atoms with van der Waals surface area (Å²) in [5.74, 6) is -0.633. The van der Waals surface area contributed by atoms with E-state index >= 15 is 0 Å². The number of esters is 1. The number of hydrogen-bond acceptors (Lipinski definition) is 6. The highest BCUT2D eigenvalue weighted by Crippen LogP contribution is 2.44. The van der Waals surface area contributed by atoms with E-state index in [1.165, 1.54) is 30.3 Å². The number of fused-ring (bicyclic) bond motifs is 1. The van der Waals surface area contributed by atoms with Crippen LogP contribution < -0.4 is 19.9 Å². The number of halogens is 3. The summed E-state index contributed by atoms with van der Waals surface area (Å²) in [5, 5.41) is 10.9. The van der Waals surface area contributed by atoms with Crippen molar-refractivity contribution in [3.8, 4) is 23.3 Å². The molecule has 1 aliphatic heterocycles. The standard InChI is InChI=1S/C30H19Cl2FN2O4/c31-20-7-4-19(26(32)13-20)16-37-22-3-1-2-18(12-22)28-24-11-10-23(14-27(24)39-29(35)25(28)15-34)38-30(36)17-5-8-21(33)9-6-17/h1-14,28H,16,35H2. The average Bonchev–Trinajstić information content (AvgIpc) is 2.92. The molecular formula is C30H19Cl2FN2O4. The highest BCUT2D eigenvalue weighted by Gasteiger charge is 2.31. The Morgan fingerprint density at radius 3 is 2.54 bits per heavy atom. The second kappa shape index (κ2) is 11.1. The zero-order valence-corrected chi connectivity index (χ0v) is 21.7. The maximum Gasteiger partial charge on any atom is 0.343 e. The third-order valence-corrected chi connectivity index (χ3v) is 6.67. The van der Waals surface area contributed by atoms with Crippen LogP contribution in [0.1, 0.15) is 33.0 Å². The molecule has 194 valence electrons. The first kappa shape index (κ1) is 26.1. The molecule has 0 aromatic heterocycles. The Balaban J connectivity index is 1.41. The van der Waals surface area contributed by atoms with Crippen LogP contribution in [-0.4, -0.2) is 5.97 Å². The number of carbonyl (C=O) groups excluding carboxylic acids is 1. The van der Waals surface area contributed by atoms with E-state index in [-0.39, 0.29) is 29.4 Å². The van der Waals surface area contributed by atoms with E-state index in [0.29, 0.717) is 27.1 Å². The summed E-state index contributed by atoms with van der Waals surface area (Å²) in [6, 6.07) is 24.4. The van der Waals surface area contributed by atoms with E-state index < -0.39 is 17.7 Å². The van der Waals surface area contributed by atoms with Crippen molar-refractivity contribution in [2.75, 3.05) is 0 Å². The van der Waals surface area contributed by atoms with Crippen LogP contribution >= 0.6 is 23.2 Å². The fraction of sp³-hybridized carbons (Fsp3) is 0.0667. The van der Waals surface area contributed by atoms with Crippen LogP contribution in [0.15, 0.2) is 96.4 Å². The van der Waals surface area contributed by atoms with Crippen molar-refractivity contribution in [1.29, 1.82) is 5.26 Å². The Morgan fingerprint density at radius 2 is 1.79 bits per heavy atom. The molecule has 1 heterocycles. The minimum atomic E-state index is -0.658. The summed E-state index contributed by atoms with van der Waals surface area (Å²) >= 11 is 12.2. The van der Waals surface area contributed by atoms with Crippen LogP contribution in [0.4, 0.5) is 4.39 Å². The summed E-state index contributed by atoms with van der Waals surface area (Å²) < 4.78 is 30.3. The Kier molecular flexibility index (Phi) is 7.42. The van der Waals surface area contributed by atoms with Gasteiger partial charge in [-0.05, 0) is 60.2 Å². The molecule has 0 spiro atoms. The maximum absolute atomic E-state index is 13.2. The number of allylic oxidation sites excluding steroid dienone is 1. The Bertz CT molecular complexity index is 1650. The van der Waals surface area contributed by atoms with Crippen molar-refractivity contribution in [3.05, 3.63) is 135 Å². The molecule has 0 fully saturated rings. The molecule has 0 bridgehead atoms. The summed E-state index contributed by atoms with van der Waals surface area (Å²) in [6.45, 7) is 0.218.